The summed E-state index contributed by atoms with van der Waals surface area (Å²) in [6.07, 6.45) is 1.10. The average molecular weight is 360 g/mol. The van der Waals surface area contributed by atoms with Gasteiger partial charge >= 0.3 is 0 Å². The second kappa shape index (κ2) is 7.93. The molecule has 0 bridgehead atoms. The van der Waals surface area contributed by atoms with Gasteiger partial charge in [0.2, 0.25) is 0 Å². The van der Waals surface area contributed by atoms with Crippen molar-refractivity contribution in [2.24, 2.45) is 0 Å². The van der Waals surface area contributed by atoms with Crippen LogP contribution in [0.15, 0.2) is 85.2 Å². The lowest BCUT2D eigenvalue weighted by molar-refractivity contribution is 0.0934. The van der Waals surface area contributed by atoms with Gasteiger partial charge in [0.25, 0.3) is 0 Å². The summed E-state index contributed by atoms with van der Waals surface area (Å²) in [5.74, 6) is 2.21. The van der Waals surface area contributed by atoms with Crippen LogP contribution in [-0.2, 0) is 6.54 Å². The Morgan fingerprint density at radius 2 is 1.48 bits per heavy atom. The standard InChI is InChI=1S/C22H20N2O3/c25-17(14-24-16-23-21-8-4-5-9-22(21)24)15-26-18-10-12-20(13-11-18)27-19-6-2-1-3-7-19/h1-13,16-17,25H,14-15H2. The number of aliphatic hydroxyl groups is 1. The highest BCUT2D eigenvalue weighted by atomic mass is 16.5. The maximum Gasteiger partial charge on any atom is 0.127 e. The fourth-order valence-corrected chi connectivity index (χ4v) is 2.86. The van der Waals surface area contributed by atoms with E-state index >= 15 is 0 Å². The van der Waals surface area contributed by atoms with Crippen LogP contribution in [0.1, 0.15) is 0 Å². The molecule has 0 fully saturated rings. The number of benzene rings is 3. The zero-order chi connectivity index (χ0) is 18.5. The molecule has 1 atom stereocenters. The van der Waals surface area contributed by atoms with Crippen LogP contribution >= 0.6 is 0 Å². The van der Waals surface area contributed by atoms with Crippen LogP contribution in [0.2, 0.25) is 0 Å². The molecular weight excluding hydrogens is 340 g/mol. The fourth-order valence-electron chi connectivity index (χ4n) is 2.86. The molecule has 136 valence electrons. The van der Waals surface area contributed by atoms with Gasteiger partial charge in [-0.3, -0.25) is 0 Å². The number of hydrogen-bond acceptors (Lipinski definition) is 4. The molecule has 3 aromatic carbocycles. The Labute approximate surface area is 157 Å². The van der Waals surface area contributed by atoms with Crippen molar-refractivity contribution in [3.63, 3.8) is 0 Å². The molecule has 1 N–H and O–H groups in total. The summed E-state index contributed by atoms with van der Waals surface area (Å²) in [6, 6.07) is 24.8. The van der Waals surface area contributed by atoms with Gasteiger partial charge in [-0.2, -0.15) is 0 Å². The van der Waals surface area contributed by atoms with Crippen molar-refractivity contribution >= 4 is 11.0 Å². The minimum Gasteiger partial charge on any atom is -0.491 e. The Bertz CT molecular complexity index is 997. The Morgan fingerprint density at radius 3 is 2.30 bits per heavy atom. The van der Waals surface area contributed by atoms with Crippen LogP contribution in [0.4, 0.5) is 0 Å². The van der Waals surface area contributed by atoms with Crippen LogP contribution in [-0.4, -0.2) is 27.4 Å². The largest absolute Gasteiger partial charge is 0.491 e. The zero-order valence-corrected chi connectivity index (χ0v) is 14.7. The molecule has 0 amide bonds. The number of para-hydroxylation sites is 3. The minimum atomic E-state index is -0.636. The van der Waals surface area contributed by atoms with Gasteiger partial charge < -0.3 is 19.1 Å². The van der Waals surface area contributed by atoms with E-state index in [2.05, 4.69) is 4.98 Å². The third-order valence-electron chi connectivity index (χ3n) is 4.18. The van der Waals surface area contributed by atoms with Crippen molar-refractivity contribution in [2.45, 2.75) is 12.6 Å². The normalized spacial score (nSPS) is 12.0. The summed E-state index contributed by atoms with van der Waals surface area (Å²) >= 11 is 0. The van der Waals surface area contributed by atoms with Crippen molar-refractivity contribution in [2.75, 3.05) is 6.61 Å². The molecule has 4 rings (SSSR count). The van der Waals surface area contributed by atoms with E-state index in [1.165, 1.54) is 0 Å². The van der Waals surface area contributed by atoms with Gasteiger partial charge in [-0.05, 0) is 48.5 Å². The van der Waals surface area contributed by atoms with E-state index in [0.717, 1.165) is 22.5 Å². The first-order valence-corrected chi connectivity index (χ1v) is 8.81. The molecule has 1 unspecified atom stereocenters. The van der Waals surface area contributed by atoms with Crippen LogP contribution in [0, 0.1) is 0 Å². The topological polar surface area (TPSA) is 56.5 Å². The first-order chi connectivity index (χ1) is 13.3. The van der Waals surface area contributed by atoms with E-state index in [4.69, 9.17) is 9.47 Å². The molecule has 0 spiro atoms. The Morgan fingerprint density at radius 1 is 0.815 bits per heavy atom. The summed E-state index contributed by atoms with van der Waals surface area (Å²) in [7, 11) is 0. The SMILES string of the molecule is OC(COc1ccc(Oc2ccccc2)cc1)Cn1cnc2ccccc21. The van der Waals surface area contributed by atoms with Gasteiger partial charge in [0.15, 0.2) is 0 Å². The number of imidazole rings is 1. The van der Waals surface area contributed by atoms with Crippen molar-refractivity contribution in [3.05, 3.63) is 85.2 Å². The molecule has 0 aliphatic carbocycles. The molecule has 5 heteroatoms. The molecule has 0 aliphatic rings. The van der Waals surface area contributed by atoms with Crippen LogP contribution < -0.4 is 9.47 Å². The van der Waals surface area contributed by atoms with E-state index in [1.807, 2.05) is 83.4 Å². The zero-order valence-electron chi connectivity index (χ0n) is 14.7. The third-order valence-corrected chi connectivity index (χ3v) is 4.18. The number of ether oxygens (including phenoxy) is 2. The number of rotatable bonds is 7. The minimum absolute atomic E-state index is 0.200. The first kappa shape index (κ1) is 17.1. The van der Waals surface area contributed by atoms with Crippen molar-refractivity contribution in [1.82, 2.24) is 9.55 Å². The molecule has 0 saturated carbocycles. The fraction of sp³-hybridized carbons (Fsp3) is 0.136. The van der Waals surface area contributed by atoms with Crippen LogP contribution in [0.5, 0.6) is 17.2 Å². The number of nitrogens with zero attached hydrogens (tertiary/aromatic N) is 2. The molecular formula is C22H20N2O3. The molecule has 1 heterocycles. The van der Waals surface area contributed by atoms with Crippen LogP contribution in [0.3, 0.4) is 0 Å². The smallest absolute Gasteiger partial charge is 0.127 e. The number of hydrogen-bond donors (Lipinski definition) is 1. The van der Waals surface area contributed by atoms with Gasteiger partial charge in [-0.25, -0.2) is 4.98 Å². The summed E-state index contributed by atoms with van der Waals surface area (Å²) in [6.45, 7) is 0.626. The molecule has 0 aliphatic heterocycles. The molecule has 27 heavy (non-hydrogen) atoms. The molecule has 0 radical (unpaired) electrons. The van der Waals surface area contributed by atoms with Crippen molar-refractivity contribution in [1.29, 1.82) is 0 Å². The number of fused-ring (bicyclic) bond motifs is 1. The van der Waals surface area contributed by atoms with Gasteiger partial charge in [-0.15, -0.1) is 0 Å². The molecule has 0 saturated heterocycles. The van der Waals surface area contributed by atoms with Gasteiger partial charge in [0.1, 0.15) is 30.0 Å². The van der Waals surface area contributed by atoms with E-state index in [0.29, 0.717) is 12.3 Å². The quantitative estimate of drug-likeness (QED) is 0.535. The van der Waals surface area contributed by atoms with E-state index in [-0.39, 0.29) is 6.61 Å². The van der Waals surface area contributed by atoms with Gasteiger partial charge in [0, 0.05) is 0 Å². The highest BCUT2D eigenvalue weighted by molar-refractivity contribution is 5.74. The Balaban J connectivity index is 1.31. The summed E-state index contributed by atoms with van der Waals surface area (Å²) in [5, 5.41) is 10.3. The van der Waals surface area contributed by atoms with Gasteiger partial charge in [0.05, 0.1) is 23.9 Å². The predicted molar refractivity (Wildman–Crippen MR) is 104 cm³/mol. The van der Waals surface area contributed by atoms with E-state index in [9.17, 15) is 5.11 Å². The predicted octanol–water partition coefficient (Wildman–Crippen LogP) is 4.27. The second-order valence-electron chi connectivity index (χ2n) is 6.24. The summed E-state index contributed by atoms with van der Waals surface area (Å²) < 4.78 is 13.4. The first-order valence-electron chi connectivity index (χ1n) is 8.81. The second-order valence-corrected chi connectivity index (χ2v) is 6.24. The lowest BCUT2D eigenvalue weighted by Gasteiger charge is -2.14. The van der Waals surface area contributed by atoms with Crippen LogP contribution in [0.25, 0.3) is 11.0 Å². The Kier molecular flexibility index (Phi) is 5.03. The monoisotopic (exact) mass is 360 g/mol. The lowest BCUT2D eigenvalue weighted by atomic mass is 10.3. The van der Waals surface area contributed by atoms with E-state index < -0.39 is 6.10 Å². The molecule has 5 nitrogen and oxygen atoms in total. The molecule has 4 aromatic rings. The van der Waals surface area contributed by atoms with Crippen molar-refractivity contribution in [3.8, 4) is 17.2 Å². The highest BCUT2D eigenvalue weighted by Crippen LogP contribution is 2.23. The molecule has 1 aromatic heterocycles. The summed E-state index contributed by atoms with van der Waals surface area (Å²) in [5.41, 5.74) is 1.92. The maximum atomic E-state index is 10.3. The number of aliphatic hydroxyl groups excluding tert-OH is 1. The third kappa shape index (κ3) is 4.27. The van der Waals surface area contributed by atoms with Crippen molar-refractivity contribution < 1.29 is 14.6 Å². The number of aromatic nitrogens is 2. The average Bonchev–Trinajstić information content (AvgIpc) is 3.11. The maximum absolute atomic E-state index is 10.3. The Hall–Kier alpha value is -3.31. The lowest BCUT2D eigenvalue weighted by Crippen LogP contribution is -2.23. The van der Waals surface area contributed by atoms with E-state index in [1.54, 1.807) is 6.33 Å². The van der Waals surface area contributed by atoms with Gasteiger partial charge in [-0.1, -0.05) is 30.3 Å². The summed E-state index contributed by atoms with van der Waals surface area (Å²) in [4.78, 5) is 4.33. The highest BCUT2D eigenvalue weighted by Gasteiger charge is 2.09.